The molecule has 0 saturated heterocycles. The van der Waals surface area contributed by atoms with Crippen LogP contribution < -0.4 is 0 Å². The number of rotatable bonds is 5. The minimum atomic E-state index is -0.204. The van der Waals surface area contributed by atoms with Gasteiger partial charge < -0.3 is 4.74 Å². The summed E-state index contributed by atoms with van der Waals surface area (Å²) in [5.41, 5.74) is 3.11. The molecule has 0 spiro atoms. The summed E-state index contributed by atoms with van der Waals surface area (Å²) in [6.07, 6.45) is 8.49. The molecule has 0 N–H and O–H groups in total. The van der Waals surface area contributed by atoms with Crippen molar-refractivity contribution in [2.45, 2.75) is 52.9 Å². The van der Waals surface area contributed by atoms with Crippen LogP contribution in [0.5, 0.6) is 0 Å². The topological polar surface area (TPSA) is 26.3 Å². The van der Waals surface area contributed by atoms with E-state index in [1.165, 1.54) is 38.2 Å². The molecule has 3 aliphatic carbocycles. The summed E-state index contributed by atoms with van der Waals surface area (Å²) in [6.45, 7) is 10.6. The van der Waals surface area contributed by atoms with Crippen LogP contribution >= 0.6 is 0 Å². The Bertz CT molecular complexity index is 405. The van der Waals surface area contributed by atoms with Gasteiger partial charge in [0.2, 0.25) is 0 Å². The molecule has 3 fully saturated rings. The van der Waals surface area contributed by atoms with Gasteiger partial charge in [-0.2, -0.15) is 0 Å². The van der Waals surface area contributed by atoms with Crippen LogP contribution in [0.2, 0.25) is 0 Å². The molecule has 0 radical (unpaired) electrons. The molecule has 106 valence electrons. The lowest BCUT2D eigenvalue weighted by Gasteiger charge is -2.59. The molecule has 3 aliphatic rings. The van der Waals surface area contributed by atoms with Gasteiger partial charge in [-0.15, -0.1) is 0 Å². The molecule has 3 atom stereocenters. The summed E-state index contributed by atoms with van der Waals surface area (Å²) in [6, 6.07) is 0. The first-order valence-corrected chi connectivity index (χ1v) is 7.40. The van der Waals surface area contributed by atoms with Crippen molar-refractivity contribution in [1.82, 2.24) is 0 Å². The van der Waals surface area contributed by atoms with Crippen molar-refractivity contribution in [3.8, 4) is 0 Å². The Morgan fingerprint density at radius 1 is 1.53 bits per heavy atom. The molecule has 2 bridgehead atoms. The third-order valence-corrected chi connectivity index (χ3v) is 5.23. The molecule has 3 saturated carbocycles. The molecule has 2 heteroatoms. The number of ether oxygens (including phenoxy) is 1. The van der Waals surface area contributed by atoms with Gasteiger partial charge in [0.1, 0.15) is 6.61 Å². The maximum Gasteiger partial charge on any atom is 0.302 e. The quantitative estimate of drug-likeness (QED) is 0.546. The molecular formula is C17H26O2. The Hall–Kier alpha value is -1.05. The Morgan fingerprint density at radius 3 is 2.84 bits per heavy atom. The van der Waals surface area contributed by atoms with Crippen molar-refractivity contribution in [2.24, 2.45) is 17.3 Å². The van der Waals surface area contributed by atoms with Gasteiger partial charge in [-0.25, -0.2) is 0 Å². The number of hydrogen-bond acceptors (Lipinski definition) is 2. The lowest BCUT2D eigenvalue weighted by molar-refractivity contribution is -0.139. The number of fused-ring (bicyclic) bond motifs is 2. The number of allylic oxidation sites excluding steroid dienone is 2. The minimum Gasteiger partial charge on any atom is -0.461 e. The van der Waals surface area contributed by atoms with Crippen molar-refractivity contribution in [3.63, 3.8) is 0 Å². The highest BCUT2D eigenvalue weighted by Gasteiger charge is 2.53. The second kappa shape index (κ2) is 5.52. The summed E-state index contributed by atoms with van der Waals surface area (Å²) in [5.74, 6) is 1.46. The van der Waals surface area contributed by atoms with Gasteiger partial charge in [0.05, 0.1) is 0 Å². The molecule has 0 heterocycles. The van der Waals surface area contributed by atoms with Gasteiger partial charge in [-0.1, -0.05) is 25.2 Å². The fourth-order valence-corrected chi connectivity index (χ4v) is 3.84. The molecule has 0 aromatic carbocycles. The molecule has 0 aromatic heterocycles. The monoisotopic (exact) mass is 262 g/mol. The van der Waals surface area contributed by atoms with E-state index in [1.54, 1.807) is 0 Å². The molecule has 3 rings (SSSR count). The van der Waals surface area contributed by atoms with Crippen LogP contribution in [0.3, 0.4) is 0 Å². The van der Waals surface area contributed by atoms with Crippen molar-refractivity contribution in [3.05, 3.63) is 23.8 Å². The van der Waals surface area contributed by atoms with E-state index in [2.05, 4.69) is 19.6 Å². The van der Waals surface area contributed by atoms with E-state index < -0.39 is 0 Å². The van der Waals surface area contributed by atoms with Crippen LogP contribution in [0.4, 0.5) is 0 Å². The lowest BCUT2D eigenvalue weighted by atomic mass is 9.45. The van der Waals surface area contributed by atoms with Crippen molar-refractivity contribution in [1.29, 1.82) is 0 Å². The van der Waals surface area contributed by atoms with E-state index in [-0.39, 0.29) is 5.97 Å². The summed E-state index contributed by atoms with van der Waals surface area (Å²) < 4.78 is 5.00. The molecule has 0 amide bonds. The Balaban J connectivity index is 1.81. The normalized spacial score (nSPS) is 33.8. The van der Waals surface area contributed by atoms with E-state index in [4.69, 9.17) is 4.74 Å². The van der Waals surface area contributed by atoms with Crippen molar-refractivity contribution < 1.29 is 9.53 Å². The molecule has 0 aromatic rings. The highest BCUT2D eigenvalue weighted by Crippen LogP contribution is 2.63. The third kappa shape index (κ3) is 2.93. The first-order chi connectivity index (χ1) is 8.93. The average Bonchev–Trinajstić information content (AvgIpc) is 2.35. The van der Waals surface area contributed by atoms with E-state index in [0.717, 1.165) is 23.8 Å². The first-order valence-electron chi connectivity index (χ1n) is 7.40. The van der Waals surface area contributed by atoms with Crippen LogP contribution in [0.1, 0.15) is 52.9 Å². The number of hydrogen-bond donors (Lipinski definition) is 0. The third-order valence-electron chi connectivity index (χ3n) is 5.23. The highest BCUT2D eigenvalue weighted by atomic mass is 16.5. The van der Waals surface area contributed by atoms with E-state index >= 15 is 0 Å². The average molecular weight is 262 g/mol. The van der Waals surface area contributed by atoms with Gasteiger partial charge in [0.25, 0.3) is 0 Å². The van der Waals surface area contributed by atoms with Crippen LogP contribution in [-0.4, -0.2) is 12.6 Å². The van der Waals surface area contributed by atoms with Gasteiger partial charge in [0.15, 0.2) is 0 Å². The van der Waals surface area contributed by atoms with Crippen LogP contribution in [0, 0.1) is 17.3 Å². The van der Waals surface area contributed by atoms with E-state index in [9.17, 15) is 4.79 Å². The maximum absolute atomic E-state index is 10.7. The summed E-state index contributed by atoms with van der Waals surface area (Å²) >= 11 is 0. The Labute approximate surface area is 116 Å². The first kappa shape index (κ1) is 14.4. The lowest BCUT2D eigenvalue weighted by Crippen LogP contribution is -2.50. The van der Waals surface area contributed by atoms with E-state index in [0.29, 0.717) is 12.0 Å². The van der Waals surface area contributed by atoms with Gasteiger partial charge in [0, 0.05) is 6.92 Å². The molecule has 2 nitrogen and oxygen atoms in total. The van der Waals surface area contributed by atoms with Crippen LogP contribution in [0.15, 0.2) is 23.8 Å². The second-order valence-corrected chi connectivity index (χ2v) is 6.56. The zero-order chi connectivity index (χ0) is 14.0. The van der Waals surface area contributed by atoms with Crippen molar-refractivity contribution in [2.75, 3.05) is 6.61 Å². The second-order valence-electron chi connectivity index (χ2n) is 6.56. The minimum absolute atomic E-state index is 0.204. The fourth-order valence-electron chi connectivity index (χ4n) is 3.84. The van der Waals surface area contributed by atoms with Gasteiger partial charge in [-0.3, -0.25) is 4.79 Å². The molecule has 3 unspecified atom stereocenters. The number of esters is 1. The molecule has 19 heavy (non-hydrogen) atoms. The largest absolute Gasteiger partial charge is 0.461 e. The van der Waals surface area contributed by atoms with Crippen LogP contribution in [0.25, 0.3) is 0 Å². The Morgan fingerprint density at radius 2 is 2.26 bits per heavy atom. The zero-order valence-corrected chi connectivity index (χ0v) is 12.5. The smallest absolute Gasteiger partial charge is 0.302 e. The Kier molecular flexibility index (Phi) is 4.17. The SMILES string of the molecule is C=C1CCC2CC1C2(C)CCC=C(C)COC(C)=O. The summed E-state index contributed by atoms with van der Waals surface area (Å²) in [5, 5.41) is 0. The maximum atomic E-state index is 10.7. The van der Waals surface area contributed by atoms with E-state index in [1.807, 2.05) is 6.92 Å². The predicted octanol–water partition coefficient (Wildman–Crippen LogP) is 4.27. The standard InChI is InChI=1S/C17H26O2/c1-12(11-19-14(3)18)6-5-9-17(4)15-8-7-13(2)16(17)10-15/h6,15-16H,2,5,7-11H2,1,3-4H3. The number of carbonyl (C=O) groups is 1. The summed E-state index contributed by atoms with van der Waals surface area (Å²) in [7, 11) is 0. The van der Waals surface area contributed by atoms with Crippen LogP contribution in [-0.2, 0) is 9.53 Å². The summed E-state index contributed by atoms with van der Waals surface area (Å²) in [4.78, 5) is 10.7. The van der Waals surface area contributed by atoms with Gasteiger partial charge >= 0.3 is 5.97 Å². The fraction of sp³-hybridized carbons (Fsp3) is 0.706. The highest BCUT2D eigenvalue weighted by molar-refractivity contribution is 5.66. The van der Waals surface area contributed by atoms with Gasteiger partial charge in [-0.05, 0) is 61.9 Å². The zero-order valence-electron chi connectivity index (χ0n) is 12.5. The molecular weight excluding hydrogens is 236 g/mol. The predicted molar refractivity (Wildman–Crippen MR) is 77.7 cm³/mol. The molecule has 0 aliphatic heterocycles. The van der Waals surface area contributed by atoms with Crippen molar-refractivity contribution >= 4 is 5.97 Å². The number of carbonyl (C=O) groups excluding carboxylic acids is 1.